The number of carbonyl (C=O) groups is 3. The van der Waals surface area contributed by atoms with Crippen LogP contribution in [0.15, 0.2) is 30.3 Å². The van der Waals surface area contributed by atoms with E-state index in [2.05, 4.69) is 17.4 Å². The summed E-state index contributed by atoms with van der Waals surface area (Å²) in [5, 5.41) is 12.4. The van der Waals surface area contributed by atoms with Crippen molar-refractivity contribution < 1.29 is 29.1 Å². The lowest BCUT2D eigenvalue weighted by Crippen LogP contribution is -2.72. The van der Waals surface area contributed by atoms with E-state index in [4.69, 9.17) is 9.59 Å². The van der Waals surface area contributed by atoms with Crippen molar-refractivity contribution >= 4 is 23.9 Å². The highest BCUT2D eigenvalue weighted by Gasteiger charge is 2.58. The number of fused-ring (bicyclic) bond motifs is 1. The number of rotatable bonds is 4. The van der Waals surface area contributed by atoms with E-state index in [0.29, 0.717) is 0 Å². The number of carbonyl (C=O) groups excluding carboxylic acids is 4. The molecular formula is C27H36N2O6. The number of carboxylic acid groups (broad SMARTS) is 1. The smallest absolute Gasteiger partial charge is 0.373 e. The van der Waals surface area contributed by atoms with Crippen LogP contribution in [0, 0.1) is 5.41 Å². The fraction of sp³-hybridized carbons (Fsp3) is 0.630. The van der Waals surface area contributed by atoms with Crippen LogP contribution in [-0.2, 0) is 30.4 Å². The first-order chi connectivity index (χ1) is 16.7. The zero-order valence-electron chi connectivity index (χ0n) is 20.5. The van der Waals surface area contributed by atoms with Gasteiger partial charge in [-0.3, -0.25) is 14.4 Å². The third-order valence-corrected chi connectivity index (χ3v) is 8.34. The Morgan fingerprint density at radius 1 is 0.971 bits per heavy atom. The lowest BCUT2D eigenvalue weighted by Gasteiger charge is -2.46. The molecule has 2 amide bonds. The number of nitrogens with zero attached hydrogens (tertiary/aromatic N) is 1. The molecule has 1 spiro atoms. The molecular weight excluding hydrogens is 448 g/mol. The third kappa shape index (κ3) is 5.48. The summed E-state index contributed by atoms with van der Waals surface area (Å²) in [5.74, 6) is -0.364. The predicted octanol–water partition coefficient (Wildman–Crippen LogP) is 3.49. The molecule has 35 heavy (non-hydrogen) atoms. The Morgan fingerprint density at radius 3 is 2.11 bits per heavy atom. The molecule has 2 aliphatic carbocycles. The molecule has 0 aromatic heterocycles. The van der Waals surface area contributed by atoms with Gasteiger partial charge in [0, 0.05) is 6.54 Å². The van der Waals surface area contributed by atoms with E-state index >= 15 is 0 Å². The van der Waals surface area contributed by atoms with Gasteiger partial charge in [0.05, 0.1) is 5.41 Å². The van der Waals surface area contributed by atoms with E-state index in [1.807, 2.05) is 30.0 Å². The van der Waals surface area contributed by atoms with E-state index in [9.17, 15) is 19.5 Å². The van der Waals surface area contributed by atoms with E-state index in [1.165, 1.54) is 5.56 Å². The summed E-state index contributed by atoms with van der Waals surface area (Å²) in [6, 6.07) is 10.2. The fourth-order valence-corrected chi connectivity index (χ4v) is 6.16. The van der Waals surface area contributed by atoms with Crippen LogP contribution in [0.2, 0.25) is 0 Å². The maximum absolute atomic E-state index is 12.5. The molecule has 0 radical (unpaired) electrons. The van der Waals surface area contributed by atoms with Crippen LogP contribution in [0.25, 0.3) is 0 Å². The standard InChI is InChI=1S/C14H18O2.C12H18N2O2.CO2/c15-13(16)14(9-4-5-10-14)11-8-12-6-2-1-3-7-12;1-11-5-4-8-14(11)10(16)12(13-9(11)15)6-2-3-7-12;2-1-3/h1-3,6-7H,4-5,8-11H2,(H,15,16);2-8H2,1H3,(H,13,15);/t;11-;/m.0./s1. The van der Waals surface area contributed by atoms with Crippen molar-refractivity contribution in [2.45, 2.75) is 95.1 Å². The number of aliphatic carboxylic acids is 1. The number of amides is 2. The minimum Gasteiger partial charge on any atom is -0.481 e. The first kappa shape index (κ1) is 26.6. The molecule has 1 atom stereocenters. The topological polar surface area (TPSA) is 121 Å². The molecule has 8 heteroatoms. The number of benzene rings is 1. The average molecular weight is 485 g/mol. The maximum Gasteiger partial charge on any atom is 0.373 e. The number of hydrogen-bond acceptors (Lipinski definition) is 5. The quantitative estimate of drug-likeness (QED) is 0.675. The summed E-state index contributed by atoms with van der Waals surface area (Å²) in [6.45, 7) is 2.65. The molecule has 190 valence electrons. The van der Waals surface area contributed by atoms with E-state index < -0.39 is 22.5 Å². The molecule has 2 aliphatic heterocycles. The normalized spacial score (nSPS) is 25.5. The largest absolute Gasteiger partial charge is 0.481 e. The van der Waals surface area contributed by atoms with Gasteiger partial charge in [-0.25, -0.2) is 0 Å². The van der Waals surface area contributed by atoms with Crippen molar-refractivity contribution in [2.24, 2.45) is 5.41 Å². The molecule has 2 N–H and O–H groups in total. The van der Waals surface area contributed by atoms with Gasteiger partial charge in [-0.1, -0.05) is 56.0 Å². The Labute approximate surface area is 206 Å². The Hall–Kier alpha value is -2.99. The SMILES string of the molecule is C[C@@]12CCCN1C(=O)C1(CCCC1)NC2=O.O=C(O)C1(CCc2ccccc2)CCCC1.O=C=O. The van der Waals surface area contributed by atoms with Crippen LogP contribution < -0.4 is 5.32 Å². The van der Waals surface area contributed by atoms with Gasteiger partial charge < -0.3 is 15.3 Å². The summed E-state index contributed by atoms with van der Waals surface area (Å²) >= 11 is 0. The lowest BCUT2D eigenvalue weighted by atomic mass is 9.80. The predicted molar refractivity (Wildman–Crippen MR) is 127 cm³/mol. The number of nitrogens with one attached hydrogen (secondary N) is 1. The zero-order chi connectivity index (χ0) is 25.5. The van der Waals surface area contributed by atoms with Crippen molar-refractivity contribution in [3.05, 3.63) is 35.9 Å². The van der Waals surface area contributed by atoms with Crippen molar-refractivity contribution in [1.29, 1.82) is 0 Å². The van der Waals surface area contributed by atoms with Gasteiger partial charge in [0.25, 0.3) is 0 Å². The van der Waals surface area contributed by atoms with Crippen LogP contribution in [0.3, 0.4) is 0 Å². The number of aryl methyl sites for hydroxylation is 1. The van der Waals surface area contributed by atoms with Crippen LogP contribution in [0.4, 0.5) is 0 Å². The summed E-state index contributed by atoms with van der Waals surface area (Å²) in [4.78, 5) is 54.1. The second-order valence-electron chi connectivity index (χ2n) is 10.4. The summed E-state index contributed by atoms with van der Waals surface area (Å²) in [5.41, 5.74) is -0.295. The molecule has 2 saturated heterocycles. The fourth-order valence-electron chi connectivity index (χ4n) is 6.16. The molecule has 1 aromatic rings. The van der Waals surface area contributed by atoms with Gasteiger partial charge in [-0.15, -0.1) is 0 Å². The second-order valence-corrected chi connectivity index (χ2v) is 10.4. The molecule has 4 fully saturated rings. The maximum atomic E-state index is 12.5. The third-order valence-electron chi connectivity index (χ3n) is 8.34. The van der Waals surface area contributed by atoms with E-state index in [0.717, 1.165) is 83.6 Å². The number of piperazine rings is 1. The molecule has 4 aliphatic rings. The Balaban J connectivity index is 0.000000176. The minimum atomic E-state index is -0.596. The summed E-state index contributed by atoms with van der Waals surface area (Å²) in [7, 11) is 0. The van der Waals surface area contributed by atoms with Crippen molar-refractivity contribution in [3.8, 4) is 0 Å². The minimum absolute atomic E-state index is 0.0616. The van der Waals surface area contributed by atoms with Gasteiger partial charge in [0.2, 0.25) is 11.8 Å². The highest BCUT2D eigenvalue weighted by Crippen LogP contribution is 2.42. The molecule has 2 saturated carbocycles. The van der Waals surface area contributed by atoms with Crippen molar-refractivity contribution in [1.82, 2.24) is 10.2 Å². The first-order valence-corrected chi connectivity index (χ1v) is 12.6. The average Bonchev–Trinajstić information content (AvgIpc) is 3.60. The van der Waals surface area contributed by atoms with Gasteiger partial charge in [0.15, 0.2) is 0 Å². The second kappa shape index (κ2) is 11.2. The van der Waals surface area contributed by atoms with Crippen molar-refractivity contribution in [2.75, 3.05) is 6.54 Å². The summed E-state index contributed by atoms with van der Waals surface area (Å²) < 4.78 is 0. The molecule has 8 nitrogen and oxygen atoms in total. The Bertz CT molecular complexity index is 944. The van der Waals surface area contributed by atoms with Gasteiger partial charge in [0.1, 0.15) is 11.1 Å². The van der Waals surface area contributed by atoms with Crippen LogP contribution in [-0.4, -0.2) is 51.6 Å². The number of hydrogen-bond donors (Lipinski definition) is 2. The van der Waals surface area contributed by atoms with Crippen LogP contribution in [0.1, 0.15) is 83.1 Å². The highest BCUT2D eigenvalue weighted by molar-refractivity contribution is 6.02. The van der Waals surface area contributed by atoms with Crippen molar-refractivity contribution in [3.63, 3.8) is 0 Å². The highest BCUT2D eigenvalue weighted by atomic mass is 16.4. The molecule has 0 unspecified atom stereocenters. The molecule has 5 rings (SSSR count). The molecule has 1 aromatic carbocycles. The molecule has 2 heterocycles. The molecule has 0 bridgehead atoms. The van der Waals surface area contributed by atoms with Crippen LogP contribution in [0.5, 0.6) is 0 Å². The van der Waals surface area contributed by atoms with E-state index in [1.54, 1.807) is 0 Å². The van der Waals surface area contributed by atoms with Gasteiger partial charge in [-0.05, 0) is 63.9 Å². The number of carboxylic acids is 1. The zero-order valence-corrected chi connectivity index (χ0v) is 20.5. The first-order valence-electron chi connectivity index (χ1n) is 12.6. The Kier molecular flexibility index (Phi) is 8.49. The monoisotopic (exact) mass is 484 g/mol. The lowest BCUT2D eigenvalue weighted by molar-refractivity contribution is -0.191. The van der Waals surface area contributed by atoms with E-state index in [-0.39, 0.29) is 18.0 Å². The summed E-state index contributed by atoms with van der Waals surface area (Å²) in [6.07, 6.45) is 11.3. The van der Waals surface area contributed by atoms with Gasteiger partial charge in [-0.2, -0.15) is 9.59 Å². The Morgan fingerprint density at radius 2 is 1.54 bits per heavy atom. The van der Waals surface area contributed by atoms with Gasteiger partial charge >= 0.3 is 12.1 Å². The van der Waals surface area contributed by atoms with Crippen LogP contribution >= 0.6 is 0 Å².